The summed E-state index contributed by atoms with van der Waals surface area (Å²) in [6, 6.07) is 0. The highest BCUT2D eigenvalue weighted by Crippen LogP contribution is 2.23. The molecule has 1 amide bonds. The molecule has 0 aromatic rings. The Kier molecular flexibility index (Phi) is 6.62. The van der Waals surface area contributed by atoms with Crippen LogP contribution >= 0.6 is 0 Å². The molecule has 0 bridgehead atoms. The predicted octanol–water partition coefficient (Wildman–Crippen LogP) is 1.94. The summed E-state index contributed by atoms with van der Waals surface area (Å²) in [5, 5.41) is 0. The fraction of sp³-hybridized carbons (Fsp3) is 0.625. The number of allylic oxidation sites excluding steroid dienone is 2. The van der Waals surface area contributed by atoms with E-state index in [1.54, 1.807) is 11.0 Å². The molecule has 5 heteroatoms. The molecule has 0 atom stereocenters. The van der Waals surface area contributed by atoms with E-state index in [9.17, 15) is 9.59 Å². The molecule has 0 radical (unpaired) electrons. The Hall–Kier alpha value is -1.62. The maximum absolute atomic E-state index is 12.2. The number of hydrogen-bond donors (Lipinski definition) is 0. The molecule has 0 aliphatic carbocycles. The molecular weight excluding hydrogens is 270 g/mol. The van der Waals surface area contributed by atoms with Gasteiger partial charge in [-0.2, -0.15) is 0 Å². The lowest BCUT2D eigenvalue weighted by Gasteiger charge is -2.27. The average molecular weight is 295 g/mol. The molecule has 0 aromatic heterocycles. The molecule has 0 unspecified atom stereocenters. The van der Waals surface area contributed by atoms with E-state index in [4.69, 9.17) is 9.47 Å². The van der Waals surface area contributed by atoms with Gasteiger partial charge >= 0.3 is 5.97 Å². The van der Waals surface area contributed by atoms with E-state index in [-0.39, 0.29) is 17.7 Å². The summed E-state index contributed by atoms with van der Waals surface area (Å²) in [6.07, 6.45) is 4.32. The number of nitrogens with zero attached hydrogens (tertiary/aromatic N) is 1. The van der Waals surface area contributed by atoms with Crippen molar-refractivity contribution >= 4 is 11.9 Å². The molecule has 0 saturated carbocycles. The van der Waals surface area contributed by atoms with E-state index >= 15 is 0 Å². The van der Waals surface area contributed by atoms with Crippen molar-refractivity contribution in [2.45, 2.75) is 26.7 Å². The van der Waals surface area contributed by atoms with Crippen LogP contribution in [-0.4, -0.2) is 50.2 Å². The van der Waals surface area contributed by atoms with Gasteiger partial charge in [-0.25, -0.2) is 4.79 Å². The number of methoxy groups -OCH3 is 1. The second-order valence-corrected chi connectivity index (χ2v) is 5.79. The van der Waals surface area contributed by atoms with Crippen molar-refractivity contribution in [2.75, 3.05) is 33.4 Å². The molecule has 0 N–H and O–H groups in total. The molecular formula is C16H25NO4. The largest absolute Gasteiger partial charge is 0.466 e. The van der Waals surface area contributed by atoms with Crippen LogP contribution in [0.2, 0.25) is 0 Å². The number of ether oxygens (including phenoxy) is 2. The summed E-state index contributed by atoms with van der Waals surface area (Å²) in [7, 11) is 1.33. The Morgan fingerprint density at radius 2 is 1.95 bits per heavy atom. The van der Waals surface area contributed by atoms with Crippen LogP contribution < -0.4 is 0 Å². The molecule has 1 aliphatic rings. The summed E-state index contributed by atoms with van der Waals surface area (Å²) in [4.78, 5) is 25.8. The van der Waals surface area contributed by atoms with Crippen molar-refractivity contribution in [1.82, 2.24) is 4.90 Å². The third-order valence-corrected chi connectivity index (χ3v) is 3.58. The van der Waals surface area contributed by atoms with Crippen LogP contribution in [0.25, 0.3) is 0 Å². The molecule has 1 saturated heterocycles. The average Bonchev–Trinajstić information content (AvgIpc) is 2.51. The van der Waals surface area contributed by atoms with Crippen LogP contribution in [0, 0.1) is 5.41 Å². The second kappa shape index (κ2) is 7.98. The minimum Gasteiger partial charge on any atom is -0.466 e. The highest BCUT2D eigenvalue weighted by Gasteiger charge is 2.22. The van der Waals surface area contributed by atoms with Crippen LogP contribution in [0.1, 0.15) is 26.7 Å². The Balaban J connectivity index is 2.73. The van der Waals surface area contributed by atoms with Crippen molar-refractivity contribution in [3.8, 4) is 0 Å². The third kappa shape index (κ3) is 5.71. The first kappa shape index (κ1) is 17.4. The topological polar surface area (TPSA) is 55.8 Å². The minimum atomic E-state index is -0.448. The molecule has 0 spiro atoms. The van der Waals surface area contributed by atoms with Gasteiger partial charge in [-0.05, 0) is 11.8 Å². The lowest BCUT2D eigenvalue weighted by molar-refractivity contribution is -0.140. The zero-order valence-corrected chi connectivity index (χ0v) is 13.2. The normalized spacial score (nSPS) is 16.5. The molecule has 5 nitrogen and oxygen atoms in total. The number of amides is 1. The van der Waals surface area contributed by atoms with Crippen molar-refractivity contribution in [1.29, 1.82) is 0 Å². The Morgan fingerprint density at radius 1 is 1.33 bits per heavy atom. The van der Waals surface area contributed by atoms with Crippen molar-refractivity contribution in [3.63, 3.8) is 0 Å². The van der Waals surface area contributed by atoms with E-state index in [2.05, 4.69) is 6.58 Å². The first-order valence-electron chi connectivity index (χ1n) is 7.16. The Labute approximate surface area is 126 Å². The molecule has 1 rings (SSSR count). The van der Waals surface area contributed by atoms with E-state index in [0.717, 1.165) is 0 Å². The highest BCUT2D eigenvalue weighted by molar-refractivity contribution is 5.95. The molecule has 1 aliphatic heterocycles. The fourth-order valence-corrected chi connectivity index (χ4v) is 1.92. The first-order valence-corrected chi connectivity index (χ1v) is 7.16. The van der Waals surface area contributed by atoms with Crippen molar-refractivity contribution < 1.29 is 19.1 Å². The van der Waals surface area contributed by atoms with Gasteiger partial charge in [0.15, 0.2) is 0 Å². The van der Waals surface area contributed by atoms with Crippen LogP contribution in [-0.2, 0) is 19.1 Å². The zero-order valence-electron chi connectivity index (χ0n) is 13.2. The van der Waals surface area contributed by atoms with Gasteiger partial charge in [0.25, 0.3) is 0 Å². The summed E-state index contributed by atoms with van der Waals surface area (Å²) < 4.78 is 9.99. The number of morpholine rings is 1. The number of esters is 1. The molecule has 1 fully saturated rings. The molecule has 1 heterocycles. The van der Waals surface area contributed by atoms with Crippen molar-refractivity contribution in [3.05, 3.63) is 24.3 Å². The Morgan fingerprint density at radius 3 is 2.48 bits per heavy atom. The van der Waals surface area contributed by atoms with Gasteiger partial charge in [-0.3, -0.25) is 4.79 Å². The van der Waals surface area contributed by atoms with E-state index in [1.807, 2.05) is 19.9 Å². The summed E-state index contributed by atoms with van der Waals surface area (Å²) in [5.74, 6) is -0.511. The fourth-order valence-electron chi connectivity index (χ4n) is 1.92. The highest BCUT2D eigenvalue weighted by atomic mass is 16.5. The first-order chi connectivity index (χ1) is 9.89. The lowest BCUT2D eigenvalue weighted by atomic mass is 9.88. The molecule has 21 heavy (non-hydrogen) atoms. The number of carbonyl (C=O) groups is 2. The van der Waals surface area contributed by atoms with Gasteiger partial charge < -0.3 is 14.4 Å². The van der Waals surface area contributed by atoms with Gasteiger partial charge in [0, 0.05) is 18.7 Å². The lowest BCUT2D eigenvalue weighted by Crippen LogP contribution is -2.41. The summed E-state index contributed by atoms with van der Waals surface area (Å²) in [6.45, 7) is 10.1. The van der Waals surface area contributed by atoms with E-state index < -0.39 is 5.97 Å². The maximum atomic E-state index is 12.2. The van der Waals surface area contributed by atoms with Crippen molar-refractivity contribution in [2.24, 2.45) is 5.41 Å². The summed E-state index contributed by atoms with van der Waals surface area (Å²) in [5.41, 5.74) is 0.283. The van der Waals surface area contributed by atoms with Gasteiger partial charge in [0.2, 0.25) is 5.91 Å². The number of hydrogen-bond acceptors (Lipinski definition) is 4. The van der Waals surface area contributed by atoms with Crippen LogP contribution in [0.4, 0.5) is 0 Å². The van der Waals surface area contributed by atoms with Gasteiger partial charge in [-0.15, -0.1) is 6.58 Å². The van der Waals surface area contributed by atoms with E-state index in [0.29, 0.717) is 38.3 Å². The second-order valence-electron chi connectivity index (χ2n) is 5.79. The number of carbonyl (C=O) groups excluding carboxylic acids is 2. The Bertz CT molecular complexity index is 420. The zero-order chi connectivity index (χ0) is 15.9. The van der Waals surface area contributed by atoms with Crippen LogP contribution in [0.15, 0.2) is 24.3 Å². The number of rotatable bonds is 6. The standard InChI is InChI=1S/C16H25NO4/c1-5-16(2,3)7-6-13(15(19)20-4)12-14(18)17-8-10-21-11-9-17/h5-6H,1,7-12H2,2-4H3. The third-order valence-electron chi connectivity index (χ3n) is 3.58. The maximum Gasteiger partial charge on any atom is 0.333 e. The van der Waals surface area contributed by atoms with Gasteiger partial charge in [0.1, 0.15) is 0 Å². The van der Waals surface area contributed by atoms with E-state index in [1.165, 1.54) is 7.11 Å². The van der Waals surface area contributed by atoms with Crippen LogP contribution in [0.3, 0.4) is 0 Å². The summed E-state index contributed by atoms with van der Waals surface area (Å²) >= 11 is 0. The predicted molar refractivity (Wildman–Crippen MR) is 80.7 cm³/mol. The SMILES string of the molecule is C=CC(C)(C)CC=C(CC(=O)N1CCOCC1)C(=O)OC. The van der Waals surface area contributed by atoms with Crippen LogP contribution in [0.5, 0.6) is 0 Å². The minimum absolute atomic E-state index is 0.0636. The molecule has 0 aromatic carbocycles. The smallest absolute Gasteiger partial charge is 0.333 e. The quantitative estimate of drug-likeness (QED) is 0.427. The van der Waals surface area contributed by atoms with Gasteiger partial charge in [-0.1, -0.05) is 26.0 Å². The van der Waals surface area contributed by atoms with Gasteiger partial charge in [0.05, 0.1) is 26.7 Å². The monoisotopic (exact) mass is 295 g/mol. The molecule has 118 valence electrons.